The van der Waals surface area contributed by atoms with Crippen LogP contribution in [-0.2, 0) is 0 Å². The van der Waals surface area contributed by atoms with E-state index in [4.69, 9.17) is 9.47 Å². The largest absolute Gasteiger partial charge is 0.490 e. The highest BCUT2D eigenvalue weighted by Crippen LogP contribution is 2.37. The molecule has 1 heterocycles. The molecule has 0 saturated heterocycles. The molecule has 3 rings (SSSR count). The van der Waals surface area contributed by atoms with Crippen LogP contribution in [-0.4, -0.2) is 13.2 Å². The minimum absolute atomic E-state index is 0.0737. The molecule has 0 aliphatic carbocycles. The molecule has 0 fully saturated rings. The maximum Gasteiger partial charge on any atom is 0.161 e. The Bertz CT molecular complexity index is 615. The maximum absolute atomic E-state index is 13.3. The van der Waals surface area contributed by atoms with Gasteiger partial charge in [-0.15, -0.1) is 0 Å². The fourth-order valence-electron chi connectivity index (χ4n) is 2.19. The Morgan fingerprint density at radius 2 is 1.70 bits per heavy atom. The molecule has 0 radical (unpaired) electrons. The number of hydrogen-bond donors (Lipinski definition) is 0. The van der Waals surface area contributed by atoms with E-state index in [-0.39, 0.29) is 10.6 Å². The predicted octanol–water partition coefficient (Wildman–Crippen LogP) is 4.47. The highest BCUT2D eigenvalue weighted by molar-refractivity contribution is 9.09. The zero-order valence-electron chi connectivity index (χ0n) is 10.8. The average Bonchev–Trinajstić information content (AvgIpc) is 2.71. The van der Waals surface area contributed by atoms with Crippen LogP contribution >= 0.6 is 15.9 Å². The summed E-state index contributed by atoms with van der Waals surface area (Å²) in [5.41, 5.74) is 1.89. The number of benzene rings is 2. The first-order valence-corrected chi connectivity index (χ1v) is 7.45. The van der Waals surface area contributed by atoms with Crippen LogP contribution in [0.25, 0.3) is 0 Å². The zero-order valence-corrected chi connectivity index (χ0v) is 12.4. The van der Waals surface area contributed by atoms with Crippen molar-refractivity contribution in [3.05, 3.63) is 59.4 Å². The third-order valence-corrected chi connectivity index (χ3v) is 4.26. The van der Waals surface area contributed by atoms with Gasteiger partial charge in [-0.05, 0) is 35.4 Å². The molecular weight excluding hydrogens is 323 g/mol. The van der Waals surface area contributed by atoms with E-state index in [1.807, 2.05) is 24.3 Å². The molecule has 4 heteroatoms. The third kappa shape index (κ3) is 2.80. The van der Waals surface area contributed by atoms with E-state index >= 15 is 0 Å². The van der Waals surface area contributed by atoms with Crippen molar-refractivity contribution in [2.45, 2.75) is 11.2 Å². The normalized spacial score (nSPS) is 15.5. The molecule has 2 aromatic rings. The highest BCUT2D eigenvalue weighted by atomic mass is 79.9. The molecular formula is C16H14BrFO2. The maximum atomic E-state index is 13.3. The summed E-state index contributed by atoms with van der Waals surface area (Å²) < 4.78 is 24.6. The Kier molecular flexibility index (Phi) is 3.92. The standard InChI is InChI=1S/C16H14BrFO2/c17-16(11-3-1-4-13(18)9-11)12-5-6-14-15(10-12)20-8-2-7-19-14/h1,3-6,9-10,16H,2,7-8H2. The van der Waals surface area contributed by atoms with Crippen molar-refractivity contribution in [1.82, 2.24) is 0 Å². The van der Waals surface area contributed by atoms with Crippen LogP contribution in [0.3, 0.4) is 0 Å². The topological polar surface area (TPSA) is 18.5 Å². The van der Waals surface area contributed by atoms with Gasteiger partial charge in [-0.2, -0.15) is 0 Å². The lowest BCUT2D eigenvalue weighted by Gasteiger charge is -2.14. The summed E-state index contributed by atoms with van der Waals surface area (Å²) in [5, 5.41) is 0. The van der Waals surface area contributed by atoms with Crippen LogP contribution in [0.4, 0.5) is 4.39 Å². The van der Waals surface area contributed by atoms with Crippen LogP contribution < -0.4 is 9.47 Å². The van der Waals surface area contributed by atoms with Crippen molar-refractivity contribution in [1.29, 1.82) is 0 Å². The molecule has 0 bridgehead atoms. The van der Waals surface area contributed by atoms with E-state index in [9.17, 15) is 4.39 Å². The Labute approximate surface area is 125 Å². The van der Waals surface area contributed by atoms with Crippen LogP contribution in [0.1, 0.15) is 22.4 Å². The summed E-state index contributed by atoms with van der Waals surface area (Å²) in [6.45, 7) is 1.33. The summed E-state index contributed by atoms with van der Waals surface area (Å²) in [6, 6.07) is 12.4. The van der Waals surface area contributed by atoms with Gasteiger partial charge in [0.1, 0.15) is 5.82 Å². The molecule has 20 heavy (non-hydrogen) atoms. The number of ether oxygens (including phenoxy) is 2. The molecule has 0 saturated carbocycles. The Balaban J connectivity index is 1.92. The van der Waals surface area contributed by atoms with Gasteiger partial charge in [-0.3, -0.25) is 0 Å². The van der Waals surface area contributed by atoms with Crippen LogP contribution in [0.15, 0.2) is 42.5 Å². The van der Waals surface area contributed by atoms with Crippen molar-refractivity contribution < 1.29 is 13.9 Å². The summed E-state index contributed by atoms with van der Waals surface area (Å²) >= 11 is 3.61. The van der Waals surface area contributed by atoms with Crippen molar-refractivity contribution in [3.8, 4) is 11.5 Å². The van der Waals surface area contributed by atoms with Gasteiger partial charge in [-0.25, -0.2) is 4.39 Å². The van der Waals surface area contributed by atoms with Crippen LogP contribution in [0.2, 0.25) is 0 Å². The number of alkyl halides is 1. The fourth-order valence-corrected chi connectivity index (χ4v) is 2.76. The van der Waals surface area contributed by atoms with Gasteiger partial charge in [-0.1, -0.05) is 34.1 Å². The van der Waals surface area contributed by atoms with E-state index in [0.29, 0.717) is 13.2 Å². The minimum Gasteiger partial charge on any atom is -0.490 e. The van der Waals surface area contributed by atoms with Crippen molar-refractivity contribution in [2.24, 2.45) is 0 Å². The lowest BCUT2D eigenvalue weighted by atomic mass is 10.0. The van der Waals surface area contributed by atoms with Crippen LogP contribution in [0.5, 0.6) is 11.5 Å². The first kappa shape index (κ1) is 13.4. The minimum atomic E-state index is -0.235. The lowest BCUT2D eigenvalue weighted by Crippen LogP contribution is -1.97. The Hall–Kier alpha value is -1.55. The van der Waals surface area contributed by atoms with Gasteiger partial charge in [0, 0.05) is 6.42 Å². The SMILES string of the molecule is Fc1cccc(C(Br)c2ccc3c(c2)OCCCO3)c1. The zero-order chi connectivity index (χ0) is 13.9. The molecule has 104 valence electrons. The Morgan fingerprint density at radius 1 is 0.950 bits per heavy atom. The predicted molar refractivity (Wildman–Crippen MR) is 79.2 cm³/mol. The fraction of sp³-hybridized carbons (Fsp3) is 0.250. The molecule has 1 aliphatic rings. The van der Waals surface area contributed by atoms with Gasteiger partial charge in [0.2, 0.25) is 0 Å². The van der Waals surface area contributed by atoms with Gasteiger partial charge in [0.15, 0.2) is 11.5 Å². The lowest BCUT2D eigenvalue weighted by molar-refractivity contribution is 0.297. The van der Waals surface area contributed by atoms with Crippen molar-refractivity contribution in [2.75, 3.05) is 13.2 Å². The van der Waals surface area contributed by atoms with E-state index < -0.39 is 0 Å². The Morgan fingerprint density at radius 3 is 2.50 bits per heavy atom. The quantitative estimate of drug-likeness (QED) is 0.753. The summed E-state index contributed by atoms with van der Waals surface area (Å²) in [5.74, 6) is 1.28. The second-order valence-corrected chi connectivity index (χ2v) is 5.59. The van der Waals surface area contributed by atoms with E-state index in [1.165, 1.54) is 12.1 Å². The molecule has 0 spiro atoms. The highest BCUT2D eigenvalue weighted by Gasteiger charge is 2.16. The number of halogens is 2. The second-order valence-electron chi connectivity index (χ2n) is 4.67. The van der Waals surface area contributed by atoms with Gasteiger partial charge >= 0.3 is 0 Å². The van der Waals surface area contributed by atoms with E-state index in [0.717, 1.165) is 29.0 Å². The second kappa shape index (κ2) is 5.83. The summed E-state index contributed by atoms with van der Waals surface area (Å²) in [6.07, 6.45) is 0.881. The first-order valence-electron chi connectivity index (χ1n) is 6.53. The molecule has 0 aromatic heterocycles. The molecule has 1 aliphatic heterocycles. The van der Waals surface area contributed by atoms with Crippen molar-refractivity contribution in [3.63, 3.8) is 0 Å². The molecule has 1 atom stereocenters. The van der Waals surface area contributed by atoms with Gasteiger partial charge in [0.25, 0.3) is 0 Å². The summed E-state index contributed by atoms with van der Waals surface area (Å²) in [7, 11) is 0. The van der Waals surface area contributed by atoms with Gasteiger partial charge in [0.05, 0.1) is 18.0 Å². The van der Waals surface area contributed by atoms with Gasteiger partial charge < -0.3 is 9.47 Å². The number of fused-ring (bicyclic) bond motifs is 1. The number of hydrogen-bond acceptors (Lipinski definition) is 2. The smallest absolute Gasteiger partial charge is 0.161 e. The first-order chi connectivity index (χ1) is 9.74. The van der Waals surface area contributed by atoms with Crippen LogP contribution in [0, 0.1) is 5.82 Å². The average molecular weight is 337 g/mol. The van der Waals surface area contributed by atoms with Crippen molar-refractivity contribution >= 4 is 15.9 Å². The van der Waals surface area contributed by atoms with E-state index in [1.54, 1.807) is 6.07 Å². The molecule has 0 N–H and O–H groups in total. The monoisotopic (exact) mass is 336 g/mol. The molecule has 2 aromatic carbocycles. The van der Waals surface area contributed by atoms with E-state index in [2.05, 4.69) is 15.9 Å². The summed E-state index contributed by atoms with van der Waals surface area (Å²) in [4.78, 5) is -0.0737. The molecule has 1 unspecified atom stereocenters. The number of rotatable bonds is 2. The third-order valence-electron chi connectivity index (χ3n) is 3.21. The molecule has 0 amide bonds. The molecule has 2 nitrogen and oxygen atoms in total.